The Morgan fingerprint density at radius 2 is 1.83 bits per heavy atom. The largest absolute Gasteiger partial charge is 0.288 e. The van der Waals surface area contributed by atoms with Gasteiger partial charge in [0.25, 0.3) is 0 Å². The Balaban J connectivity index is 2.26. The Labute approximate surface area is 143 Å². The molecule has 3 heterocycles. The van der Waals surface area contributed by atoms with Crippen molar-refractivity contribution in [1.29, 1.82) is 0 Å². The normalized spacial score (nSPS) is 11.5. The fraction of sp³-hybridized carbons (Fsp3) is 0.167. The van der Waals surface area contributed by atoms with Crippen molar-refractivity contribution in [3.8, 4) is 11.4 Å². The predicted octanol–water partition coefficient (Wildman–Crippen LogP) is 4.66. The van der Waals surface area contributed by atoms with E-state index in [0.29, 0.717) is 10.5 Å². The minimum Gasteiger partial charge on any atom is -0.288 e. The molecule has 0 N–H and O–H groups in total. The molecule has 0 radical (unpaired) electrons. The Morgan fingerprint density at radius 3 is 2.58 bits per heavy atom. The van der Waals surface area contributed by atoms with Gasteiger partial charge in [0.15, 0.2) is 5.82 Å². The smallest absolute Gasteiger partial charge is 0.152 e. The summed E-state index contributed by atoms with van der Waals surface area (Å²) in [7, 11) is 0. The van der Waals surface area contributed by atoms with Crippen LogP contribution in [0, 0.1) is 26.6 Å². The van der Waals surface area contributed by atoms with E-state index < -0.39 is 5.82 Å². The van der Waals surface area contributed by atoms with Gasteiger partial charge in [-0.25, -0.2) is 14.4 Å². The lowest BCUT2D eigenvalue weighted by atomic mass is 10.1. The second kappa shape index (κ2) is 5.24. The lowest BCUT2D eigenvalue weighted by Crippen LogP contribution is -2.00. The van der Waals surface area contributed by atoms with Gasteiger partial charge in [-0.3, -0.25) is 9.38 Å². The van der Waals surface area contributed by atoms with Crippen LogP contribution in [0.2, 0.25) is 5.02 Å². The summed E-state index contributed by atoms with van der Waals surface area (Å²) in [6.07, 6.45) is 3.51. The maximum Gasteiger partial charge on any atom is 0.152 e. The highest BCUT2D eigenvalue weighted by atomic mass is 35.5. The van der Waals surface area contributed by atoms with Gasteiger partial charge < -0.3 is 0 Å². The highest BCUT2D eigenvalue weighted by molar-refractivity contribution is 6.31. The van der Waals surface area contributed by atoms with Crippen molar-refractivity contribution >= 4 is 28.2 Å². The molecule has 6 heteroatoms. The molecule has 4 nitrogen and oxygen atoms in total. The van der Waals surface area contributed by atoms with E-state index in [1.807, 2.05) is 31.2 Å². The molecule has 120 valence electrons. The first-order valence-electron chi connectivity index (χ1n) is 7.52. The van der Waals surface area contributed by atoms with E-state index in [1.54, 1.807) is 18.5 Å². The van der Waals surface area contributed by atoms with Gasteiger partial charge in [0, 0.05) is 23.0 Å². The number of hydrogen-bond acceptors (Lipinski definition) is 3. The highest BCUT2D eigenvalue weighted by Crippen LogP contribution is 2.31. The molecule has 0 amide bonds. The quantitative estimate of drug-likeness (QED) is 0.506. The monoisotopic (exact) mass is 340 g/mol. The third-order valence-electron chi connectivity index (χ3n) is 4.18. The molecule has 3 aromatic heterocycles. The van der Waals surface area contributed by atoms with E-state index in [2.05, 4.69) is 9.97 Å². The standard InChI is InChI=1S/C18H14ClFN4/c1-9-8-21-5-4-13(9)18-23-11(3)17-10(2)22-16-14(20)6-12(19)7-15(16)24(17)18/h4-8H,1-3H3. The Bertz CT molecular complexity index is 1120. The Morgan fingerprint density at radius 1 is 1.08 bits per heavy atom. The highest BCUT2D eigenvalue weighted by Gasteiger charge is 2.19. The summed E-state index contributed by atoms with van der Waals surface area (Å²) >= 11 is 6.09. The molecule has 0 aliphatic rings. The van der Waals surface area contributed by atoms with Crippen LogP contribution in [0.25, 0.3) is 27.9 Å². The van der Waals surface area contributed by atoms with E-state index in [4.69, 9.17) is 16.6 Å². The first-order valence-corrected chi connectivity index (χ1v) is 7.90. The van der Waals surface area contributed by atoms with Gasteiger partial charge in [-0.1, -0.05) is 11.6 Å². The molecule has 0 atom stereocenters. The Hall–Kier alpha value is -2.53. The van der Waals surface area contributed by atoms with Crippen molar-refractivity contribution in [1.82, 2.24) is 19.4 Å². The summed E-state index contributed by atoms with van der Waals surface area (Å²) in [4.78, 5) is 13.3. The molecule has 4 aromatic rings. The van der Waals surface area contributed by atoms with Crippen LogP contribution in [0.5, 0.6) is 0 Å². The number of pyridine rings is 1. The van der Waals surface area contributed by atoms with Crippen molar-refractivity contribution in [3.63, 3.8) is 0 Å². The van der Waals surface area contributed by atoms with E-state index in [-0.39, 0.29) is 5.52 Å². The number of halogens is 2. The van der Waals surface area contributed by atoms with E-state index in [9.17, 15) is 4.39 Å². The maximum atomic E-state index is 14.4. The summed E-state index contributed by atoms with van der Waals surface area (Å²) in [5, 5.41) is 0.329. The van der Waals surface area contributed by atoms with Crippen molar-refractivity contribution in [3.05, 3.63) is 58.4 Å². The SMILES string of the molecule is Cc1cnccc1-c1nc(C)c2c(C)nc3c(F)cc(Cl)cc3n12. The summed E-state index contributed by atoms with van der Waals surface area (Å²) in [6, 6.07) is 4.91. The van der Waals surface area contributed by atoms with Gasteiger partial charge in [-0.15, -0.1) is 0 Å². The van der Waals surface area contributed by atoms with Crippen LogP contribution in [0.1, 0.15) is 17.0 Å². The van der Waals surface area contributed by atoms with Crippen LogP contribution in [0.15, 0.2) is 30.6 Å². The predicted molar refractivity (Wildman–Crippen MR) is 92.9 cm³/mol. The third-order valence-corrected chi connectivity index (χ3v) is 4.40. The molecule has 4 rings (SSSR count). The van der Waals surface area contributed by atoms with Crippen LogP contribution in [0.3, 0.4) is 0 Å². The average molecular weight is 341 g/mol. The zero-order chi connectivity index (χ0) is 17.0. The summed E-state index contributed by atoms with van der Waals surface area (Å²) in [5.74, 6) is 0.297. The van der Waals surface area contributed by atoms with Gasteiger partial charge in [-0.2, -0.15) is 0 Å². The molecule has 1 aromatic carbocycles. The van der Waals surface area contributed by atoms with Crippen LogP contribution in [0.4, 0.5) is 4.39 Å². The molecule has 0 spiro atoms. The van der Waals surface area contributed by atoms with E-state index in [1.165, 1.54) is 6.07 Å². The Kier molecular flexibility index (Phi) is 3.28. The third kappa shape index (κ3) is 2.08. The van der Waals surface area contributed by atoms with Crippen molar-refractivity contribution in [2.24, 2.45) is 0 Å². The van der Waals surface area contributed by atoms with E-state index >= 15 is 0 Å². The van der Waals surface area contributed by atoms with Crippen molar-refractivity contribution in [2.75, 3.05) is 0 Å². The zero-order valence-corrected chi connectivity index (χ0v) is 14.2. The van der Waals surface area contributed by atoms with E-state index in [0.717, 1.165) is 33.9 Å². The van der Waals surface area contributed by atoms with Crippen LogP contribution < -0.4 is 0 Å². The number of nitrogens with zero attached hydrogens (tertiary/aromatic N) is 4. The number of rotatable bonds is 1. The molecular weight excluding hydrogens is 327 g/mol. The first kappa shape index (κ1) is 15.0. The summed E-state index contributed by atoms with van der Waals surface area (Å²) in [5.41, 5.74) is 5.27. The van der Waals surface area contributed by atoms with Crippen molar-refractivity contribution in [2.45, 2.75) is 20.8 Å². The second-order valence-electron chi connectivity index (χ2n) is 5.85. The van der Waals surface area contributed by atoms with Crippen LogP contribution in [-0.2, 0) is 0 Å². The first-order chi connectivity index (χ1) is 11.5. The fourth-order valence-electron chi connectivity index (χ4n) is 3.15. The molecule has 0 fully saturated rings. The number of fused-ring (bicyclic) bond motifs is 3. The minimum atomic E-state index is -0.439. The number of benzene rings is 1. The molecule has 0 saturated heterocycles. The molecule has 0 aliphatic heterocycles. The molecule has 0 aliphatic carbocycles. The molecule has 0 unspecified atom stereocenters. The lowest BCUT2D eigenvalue weighted by molar-refractivity contribution is 0.636. The number of hydrogen-bond donors (Lipinski definition) is 0. The van der Waals surface area contributed by atoms with Gasteiger partial charge in [0.05, 0.1) is 22.4 Å². The number of aromatic nitrogens is 4. The molecule has 0 saturated carbocycles. The summed E-state index contributed by atoms with van der Waals surface area (Å²) < 4.78 is 16.3. The summed E-state index contributed by atoms with van der Waals surface area (Å²) in [6.45, 7) is 5.76. The van der Waals surface area contributed by atoms with Gasteiger partial charge in [0.2, 0.25) is 0 Å². The molecule has 0 bridgehead atoms. The van der Waals surface area contributed by atoms with Gasteiger partial charge >= 0.3 is 0 Å². The second-order valence-corrected chi connectivity index (χ2v) is 6.28. The van der Waals surface area contributed by atoms with Gasteiger partial charge in [0.1, 0.15) is 11.3 Å². The van der Waals surface area contributed by atoms with Crippen LogP contribution in [-0.4, -0.2) is 19.4 Å². The van der Waals surface area contributed by atoms with Crippen LogP contribution >= 0.6 is 11.6 Å². The molecular formula is C18H14ClFN4. The fourth-order valence-corrected chi connectivity index (χ4v) is 3.35. The zero-order valence-electron chi connectivity index (χ0n) is 13.4. The molecule has 24 heavy (non-hydrogen) atoms. The lowest BCUT2D eigenvalue weighted by Gasteiger charge is -2.10. The topological polar surface area (TPSA) is 43.1 Å². The van der Waals surface area contributed by atoms with Gasteiger partial charge in [-0.05, 0) is 44.5 Å². The number of imidazole rings is 1. The average Bonchev–Trinajstić information content (AvgIpc) is 2.87. The van der Waals surface area contributed by atoms with Crippen molar-refractivity contribution < 1.29 is 4.39 Å². The minimum absolute atomic E-state index is 0.287. The number of aryl methyl sites for hydroxylation is 3. The maximum absolute atomic E-state index is 14.4.